The molecule has 1 N–H and O–H groups in total. The topological polar surface area (TPSA) is 66.8 Å². The summed E-state index contributed by atoms with van der Waals surface area (Å²) in [4.78, 5) is 21.1. The number of H-pyrrole nitrogens is 1. The summed E-state index contributed by atoms with van der Waals surface area (Å²) in [6.45, 7) is 5.39. The molecule has 6 heteroatoms. The number of aryl methyl sites for hydroxylation is 2. The number of hydrogen-bond donors (Lipinski definition) is 1. The van der Waals surface area contributed by atoms with E-state index in [0.29, 0.717) is 5.92 Å². The Morgan fingerprint density at radius 1 is 1.28 bits per heavy atom. The Morgan fingerprint density at radius 3 is 2.76 bits per heavy atom. The van der Waals surface area contributed by atoms with Crippen molar-refractivity contribution in [3.8, 4) is 11.3 Å². The monoisotopic (exact) mass is 337 g/mol. The first-order valence-electron chi connectivity index (χ1n) is 8.76. The minimum absolute atomic E-state index is 0.172. The van der Waals surface area contributed by atoms with Crippen LogP contribution in [0, 0.1) is 6.92 Å². The molecule has 130 valence electrons. The highest BCUT2D eigenvalue weighted by molar-refractivity contribution is 5.83. The number of piperidine rings is 1. The molecule has 3 aromatic rings. The van der Waals surface area contributed by atoms with Gasteiger partial charge in [0.25, 0.3) is 0 Å². The minimum Gasteiger partial charge on any atom is -0.346 e. The summed E-state index contributed by atoms with van der Waals surface area (Å²) < 4.78 is 1.98. The van der Waals surface area contributed by atoms with Gasteiger partial charge in [0.05, 0.1) is 5.69 Å². The number of pyridine rings is 1. The highest BCUT2D eigenvalue weighted by atomic mass is 16.2. The Hall–Kier alpha value is -2.63. The second-order valence-electron chi connectivity index (χ2n) is 6.95. The summed E-state index contributed by atoms with van der Waals surface area (Å²) in [7, 11) is 2.00. The minimum atomic E-state index is 0.172. The van der Waals surface area contributed by atoms with Gasteiger partial charge in [0, 0.05) is 62.0 Å². The Balaban J connectivity index is 1.61. The van der Waals surface area contributed by atoms with Crippen molar-refractivity contribution in [2.24, 2.45) is 7.05 Å². The number of nitrogens with one attached hydrogen (secondary N) is 1. The molecule has 0 aliphatic carbocycles. The fraction of sp³-hybridized carbons (Fsp3) is 0.421. The number of nitrogens with zero attached hydrogens (tertiary/aromatic N) is 4. The number of amides is 1. The predicted octanol–water partition coefficient (Wildman–Crippen LogP) is 3.00. The van der Waals surface area contributed by atoms with Crippen molar-refractivity contribution in [2.75, 3.05) is 13.1 Å². The maximum absolute atomic E-state index is 11.5. The fourth-order valence-electron chi connectivity index (χ4n) is 3.77. The fourth-order valence-corrected chi connectivity index (χ4v) is 3.77. The van der Waals surface area contributed by atoms with Crippen molar-refractivity contribution in [1.29, 1.82) is 0 Å². The van der Waals surface area contributed by atoms with Gasteiger partial charge in [-0.3, -0.25) is 9.48 Å². The summed E-state index contributed by atoms with van der Waals surface area (Å²) in [5, 5.41) is 5.86. The first kappa shape index (κ1) is 15.9. The van der Waals surface area contributed by atoms with Crippen molar-refractivity contribution in [3.63, 3.8) is 0 Å². The number of rotatable bonds is 2. The first-order valence-corrected chi connectivity index (χ1v) is 8.76. The van der Waals surface area contributed by atoms with E-state index < -0.39 is 0 Å². The molecule has 1 saturated heterocycles. The van der Waals surface area contributed by atoms with Gasteiger partial charge in [-0.05, 0) is 37.5 Å². The van der Waals surface area contributed by atoms with Crippen LogP contribution >= 0.6 is 0 Å². The lowest BCUT2D eigenvalue weighted by Crippen LogP contribution is -2.36. The lowest BCUT2D eigenvalue weighted by atomic mass is 9.93. The zero-order valence-corrected chi connectivity index (χ0v) is 14.9. The van der Waals surface area contributed by atoms with Crippen LogP contribution in [-0.4, -0.2) is 43.6 Å². The molecule has 1 aliphatic rings. The number of aromatic nitrogens is 4. The van der Waals surface area contributed by atoms with Crippen LogP contribution in [0.15, 0.2) is 24.5 Å². The van der Waals surface area contributed by atoms with Crippen molar-refractivity contribution in [2.45, 2.75) is 32.6 Å². The first-order chi connectivity index (χ1) is 12.0. The Labute approximate surface area is 146 Å². The largest absolute Gasteiger partial charge is 0.346 e. The zero-order valence-electron chi connectivity index (χ0n) is 14.9. The van der Waals surface area contributed by atoms with Crippen molar-refractivity contribution in [1.82, 2.24) is 24.6 Å². The van der Waals surface area contributed by atoms with Gasteiger partial charge in [-0.25, -0.2) is 4.98 Å². The predicted molar refractivity (Wildman–Crippen MR) is 97.3 cm³/mol. The lowest BCUT2D eigenvalue weighted by Gasteiger charge is -2.31. The average Bonchev–Trinajstić information content (AvgIpc) is 3.18. The molecule has 0 aromatic carbocycles. The number of carbonyl (C=O) groups is 1. The molecule has 0 saturated carbocycles. The second-order valence-corrected chi connectivity index (χ2v) is 6.95. The van der Waals surface area contributed by atoms with Crippen LogP contribution in [0.2, 0.25) is 0 Å². The normalized spacial score (nSPS) is 15.9. The molecule has 25 heavy (non-hydrogen) atoms. The molecule has 0 bridgehead atoms. The van der Waals surface area contributed by atoms with E-state index in [4.69, 9.17) is 5.10 Å². The smallest absolute Gasteiger partial charge is 0.219 e. The molecule has 1 aliphatic heterocycles. The Morgan fingerprint density at radius 2 is 2.04 bits per heavy atom. The lowest BCUT2D eigenvalue weighted by molar-refractivity contribution is -0.129. The molecule has 0 radical (unpaired) electrons. The van der Waals surface area contributed by atoms with Gasteiger partial charge in [0.2, 0.25) is 5.91 Å². The van der Waals surface area contributed by atoms with Crippen LogP contribution in [-0.2, 0) is 11.8 Å². The van der Waals surface area contributed by atoms with E-state index >= 15 is 0 Å². The van der Waals surface area contributed by atoms with Crippen LogP contribution in [0.5, 0.6) is 0 Å². The van der Waals surface area contributed by atoms with E-state index in [1.807, 2.05) is 29.0 Å². The summed E-state index contributed by atoms with van der Waals surface area (Å²) in [6, 6.07) is 4.33. The average molecular weight is 337 g/mol. The van der Waals surface area contributed by atoms with Gasteiger partial charge in [0.15, 0.2) is 0 Å². The highest BCUT2D eigenvalue weighted by Crippen LogP contribution is 2.31. The summed E-state index contributed by atoms with van der Waals surface area (Å²) in [6.07, 6.45) is 5.84. The Bertz CT molecular complexity index is 931. The van der Waals surface area contributed by atoms with Crippen LogP contribution in [0.25, 0.3) is 22.3 Å². The van der Waals surface area contributed by atoms with Crippen molar-refractivity contribution in [3.05, 3.63) is 35.8 Å². The van der Waals surface area contributed by atoms with Crippen LogP contribution in [0.3, 0.4) is 0 Å². The van der Waals surface area contributed by atoms with E-state index in [2.05, 4.69) is 29.0 Å². The number of aromatic amines is 1. The molecule has 0 unspecified atom stereocenters. The molecule has 1 amide bonds. The Kier molecular flexibility index (Phi) is 3.82. The molecule has 6 nitrogen and oxygen atoms in total. The molecule has 1 fully saturated rings. The van der Waals surface area contributed by atoms with E-state index in [1.54, 1.807) is 6.92 Å². The van der Waals surface area contributed by atoms with Gasteiger partial charge < -0.3 is 9.88 Å². The van der Waals surface area contributed by atoms with Crippen LogP contribution in [0.1, 0.15) is 36.9 Å². The maximum atomic E-state index is 11.5. The zero-order chi connectivity index (χ0) is 17.6. The third-order valence-corrected chi connectivity index (χ3v) is 5.31. The summed E-state index contributed by atoms with van der Waals surface area (Å²) in [5.74, 6) is 0.623. The van der Waals surface area contributed by atoms with E-state index in [-0.39, 0.29) is 5.91 Å². The van der Waals surface area contributed by atoms with Gasteiger partial charge in [-0.1, -0.05) is 0 Å². The molecular formula is C19H23N5O. The van der Waals surface area contributed by atoms with Gasteiger partial charge in [-0.15, -0.1) is 0 Å². The van der Waals surface area contributed by atoms with Crippen LogP contribution < -0.4 is 0 Å². The number of carbonyl (C=O) groups excluding carboxylic acids is 1. The summed E-state index contributed by atoms with van der Waals surface area (Å²) in [5.41, 5.74) is 5.34. The summed E-state index contributed by atoms with van der Waals surface area (Å²) >= 11 is 0. The molecule has 0 spiro atoms. The second kappa shape index (κ2) is 6.02. The molecule has 4 rings (SSSR count). The SMILES string of the molecule is CC(=O)N1CCC(c2cc(-c3cnc4[nH]cc(C)c4c3)nn2C)CC1. The molecule has 3 aromatic heterocycles. The van der Waals surface area contributed by atoms with E-state index in [9.17, 15) is 4.79 Å². The van der Waals surface area contributed by atoms with Crippen LogP contribution in [0.4, 0.5) is 0 Å². The molecule has 4 heterocycles. The van der Waals surface area contributed by atoms with Crippen molar-refractivity contribution >= 4 is 16.9 Å². The number of hydrogen-bond acceptors (Lipinski definition) is 3. The highest BCUT2D eigenvalue weighted by Gasteiger charge is 2.25. The van der Waals surface area contributed by atoms with Gasteiger partial charge >= 0.3 is 0 Å². The number of fused-ring (bicyclic) bond motifs is 1. The van der Waals surface area contributed by atoms with E-state index in [1.165, 1.54) is 11.3 Å². The van der Waals surface area contributed by atoms with Gasteiger partial charge in [-0.2, -0.15) is 5.10 Å². The van der Waals surface area contributed by atoms with Gasteiger partial charge in [0.1, 0.15) is 5.65 Å². The van der Waals surface area contributed by atoms with Crippen molar-refractivity contribution < 1.29 is 4.79 Å². The third-order valence-electron chi connectivity index (χ3n) is 5.31. The molecular weight excluding hydrogens is 314 g/mol. The quantitative estimate of drug-likeness (QED) is 0.782. The number of likely N-dealkylation sites (tertiary alicyclic amines) is 1. The third kappa shape index (κ3) is 2.81. The maximum Gasteiger partial charge on any atom is 0.219 e. The molecule has 0 atom stereocenters. The van der Waals surface area contributed by atoms with E-state index in [0.717, 1.165) is 48.2 Å². The standard InChI is InChI=1S/C19H23N5O/c1-12-10-20-19-16(12)8-15(11-21-19)17-9-18(23(3)22-17)14-4-6-24(7-5-14)13(2)25/h8-11,14H,4-7H2,1-3H3,(H,20,21).